The van der Waals surface area contributed by atoms with Gasteiger partial charge in [0, 0.05) is 6.54 Å². The zero-order valence-electron chi connectivity index (χ0n) is 14.8. The Hall–Kier alpha value is -3.09. The number of esters is 1. The quantitative estimate of drug-likeness (QED) is 0.787. The van der Waals surface area contributed by atoms with Crippen LogP contribution in [0.15, 0.2) is 48.5 Å². The summed E-state index contributed by atoms with van der Waals surface area (Å²) in [5.41, 5.74) is 0.897. The highest BCUT2D eigenvalue weighted by atomic mass is 19.1. The third kappa shape index (κ3) is 4.97. The van der Waals surface area contributed by atoms with Crippen molar-refractivity contribution in [2.75, 3.05) is 13.2 Å². The number of fused-ring (bicyclic) bond motifs is 1. The number of carbonyl (C=O) groups is 2. The Morgan fingerprint density at radius 2 is 1.74 bits per heavy atom. The van der Waals surface area contributed by atoms with E-state index in [2.05, 4.69) is 5.32 Å². The van der Waals surface area contributed by atoms with Crippen LogP contribution in [0.1, 0.15) is 12.5 Å². The fourth-order valence-corrected chi connectivity index (χ4v) is 2.65. The fraction of sp³-hybridized carbons (Fsp3) is 0.300. The maximum absolute atomic E-state index is 12.8. The predicted octanol–water partition coefficient (Wildman–Crippen LogP) is 2.26. The van der Waals surface area contributed by atoms with E-state index in [1.165, 1.54) is 12.1 Å². The first-order valence-corrected chi connectivity index (χ1v) is 8.63. The van der Waals surface area contributed by atoms with Crippen LogP contribution in [-0.4, -0.2) is 37.2 Å². The number of halogens is 1. The first-order chi connectivity index (χ1) is 13.0. The first-order valence-electron chi connectivity index (χ1n) is 8.63. The number of benzene rings is 2. The summed E-state index contributed by atoms with van der Waals surface area (Å²) in [4.78, 5) is 24.0. The van der Waals surface area contributed by atoms with Gasteiger partial charge in [0.15, 0.2) is 18.1 Å². The van der Waals surface area contributed by atoms with E-state index in [-0.39, 0.29) is 5.82 Å². The van der Waals surface area contributed by atoms with E-state index in [0.717, 1.165) is 5.56 Å². The van der Waals surface area contributed by atoms with Gasteiger partial charge in [-0.3, -0.25) is 4.79 Å². The average molecular weight is 373 g/mol. The highest BCUT2D eigenvalue weighted by molar-refractivity contribution is 5.82. The molecule has 2 unspecified atom stereocenters. The van der Waals surface area contributed by atoms with Crippen molar-refractivity contribution in [3.8, 4) is 11.5 Å². The minimum Gasteiger partial charge on any atom is -0.482 e. The molecule has 1 aliphatic rings. The number of carbonyl (C=O) groups excluding carboxylic acids is 2. The van der Waals surface area contributed by atoms with Gasteiger partial charge >= 0.3 is 5.97 Å². The molecular weight excluding hydrogens is 353 g/mol. The van der Waals surface area contributed by atoms with E-state index >= 15 is 0 Å². The van der Waals surface area contributed by atoms with Crippen LogP contribution in [0.3, 0.4) is 0 Å². The first kappa shape index (κ1) is 18.7. The van der Waals surface area contributed by atoms with Crippen LogP contribution in [0.25, 0.3) is 0 Å². The van der Waals surface area contributed by atoms with E-state index in [1.54, 1.807) is 37.3 Å². The molecule has 0 aromatic heterocycles. The van der Waals surface area contributed by atoms with Gasteiger partial charge in [-0.2, -0.15) is 0 Å². The molecule has 0 saturated carbocycles. The second kappa shape index (κ2) is 8.53. The average Bonchev–Trinajstić information content (AvgIpc) is 2.67. The molecular formula is C20H20FNO5. The molecule has 6 nitrogen and oxygen atoms in total. The van der Waals surface area contributed by atoms with E-state index in [0.29, 0.717) is 24.5 Å². The SMILES string of the molecule is CC1Oc2ccccc2OC1C(=O)OCC(=O)NCCc1ccc(F)cc1. The fourth-order valence-electron chi connectivity index (χ4n) is 2.65. The highest BCUT2D eigenvalue weighted by Crippen LogP contribution is 2.33. The standard InChI is InChI=1S/C20H20FNO5/c1-13-19(27-17-5-3-2-4-16(17)26-13)20(24)25-12-18(23)22-11-10-14-6-8-15(21)9-7-14/h2-9,13,19H,10-12H2,1H3,(H,22,23). The number of amides is 1. The Bertz CT molecular complexity index is 808. The molecule has 0 spiro atoms. The second-order valence-corrected chi connectivity index (χ2v) is 6.14. The lowest BCUT2D eigenvalue weighted by molar-refractivity contribution is -0.160. The van der Waals surface area contributed by atoms with Gasteiger partial charge in [-0.05, 0) is 43.2 Å². The molecule has 3 rings (SSSR count). The van der Waals surface area contributed by atoms with Crippen LogP contribution in [-0.2, 0) is 20.7 Å². The van der Waals surface area contributed by atoms with Crippen molar-refractivity contribution in [2.45, 2.75) is 25.6 Å². The Labute approximate surface area is 156 Å². The third-order valence-electron chi connectivity index (χ3n) is 4.07. The van der Waals surface area contributed by atoms with E-state index in [1.807, 2.05) is 6.07 Å². The van der Waals surface area contributed by atoms with E-state index in [9.17, 15) is 14.0 Å². The van der Waals surface area contributed by atoms with Gasteiger partial charge in [0.2, 0.25) is 6.10 Å². The topological polar surface area (TPSA) is 73.9 Å². The lowest BCUT2D eigenvalue weighted by atomic mass is 10.1. The van der Waals surface area contributed by atoms with Gasteiger partial charge in [0.1, 0.15) is 11.9 Å². The largest absolute Gasteiger partial charge is 0.482 e. The zero-order chi connectivity index (χ0) is 19.2. The Balaban J connectivity index is 1.42. The number of hydrogen-bond acceptors (Lipinski definition) is 5. The summed E-state index contributed by atoms with van der Waals surface area (Å²) in [6, 6.07) is 13.1. The van der Waals surface area contributed by atoms with E-state index in [4.69, 9.17) is 14.2 Å². The molecule has 0 aliphatic carbocycles. The molecule has 2 aromatic carbocycles. The van der Waals surface area contributed by atoms with Crippen LogP contribution < -0.4 is 14.8 Å². The summed E-state index contributed by atoms with van der Waals surface area (Å²) in [5, 5.41) is 2.65. The summed E-state index contributed by atoms with van der Waals surface area (Å²) in [5.74, 6) is -0.365. The molecule has 0 bridgehead atoms. The molecule has 142 valence electrons. The molecule has 1 amide bonds. The van der Waals surface area contributed by atoms with Crippen molar-refractivity contribution < 1.29 is 28.2 Å². The van der Waals surface area contributed by atoms with Gasteiger partial charge in [-0.25, -0.2) is 9.18 Å². The van der Waals surface area contributed by atoms with Crippen LogP contribution in [0.4, 0.5) is 4.39 Å². The van der Waals surface area contributed by atoms with Crippen molar-refractivity contribution in [2.24, 2.45) is 0 Å². The minimum absolute atomic E-state index is 0.305. The Morgan fingerprint density at radius 1 is 1.07 bits per heavy atom. The van der Waals surface area contributed by atoms with Gasteiger partial charge in [-0.15, -0.1) is 0 Å². The second-order valence-electron chi connectivity index (χ2n) is 6.14. The number of rotatable bonds is 6. The lowest BCUT2D eigenvalue weighted by Crippen LogP contribution is -2.45. The van der Waals surface area contributed by atoms with Gasteiger partial charge in [0.25, 0.3) is 5.91 Å². The van der Waals surface area contributed by atoms with Crippen molar-refractivity contribution in [3.05, 3.63) is 59.9 Å². The van der Waals surface area contributed by atoms with Crippen molar-refractivity contribution >= 4 is 11.9 Å². The molecule has 2 atom stereocenters. The van der Waals surface area contributed by atoms with Crippen LogP contribution in [0, 0.1) is 5.82 Å². The number of hydrogen-bond donors (Lipinski definition) is 1. The molecule has 1 N–H and O–H groups in total. The zero-order valence-corrected chi connectivity index (χ0v) is 14.8. The van der Waals surface area contributed by atoms with Crippen molar-refractivity contribution in [1.82, 2.24) is 5.32 Å². The van der Waals surface area contributed by atoms with Crippen molar-refractivity contribution in [3.63, 3.8) is 0 Å². The summed E-state index contributed by atoms with van der Waals surface area (Å²) in [6.07, 6.45) is -0.922. The molecule has 1 heterocycles. The maximum atomic E-state index is 12.8. The van der Waals surface area contributed by atoms with Gasteiger partial charge in [0.05, 0.1) is 0 Å². The summed E-state index contributed by atoms with van der Waals surface area (Å²) >= 11 is 0. The highest BCUT2D eigenvalue weighted by Gasteiger charge is 2.35. The van der Waals surface area contributed by atoms with Gasteiger partial charge < -0.3 is 19.5 Å². The molecule has 0 radical (unpaired) electrons. The Kier molecular flexibility index (Phi) is 5.90. The predicted molar refractivity (Wildman–Crippen MR) is 95.0 cm³/mol. The molecule has 2 aromatic rings. The normalized spacial score (nSPS) is 17.9. The molecule has 0 fully saturated rings. The molecule has 27 heavy (non-hydrogen) atoms. The van der Waals surface area contributed by atoms with E-state index < -0.39 is 30.7 Å². The number of para-hydroxylation sites is 2. The monoisotopic (exact) mass is 373 g/mol. The number of nitrogens with one attached hydrogen (secondary N) is 1. The van der Waals surface area contributed by atoms with Crippen LogP contribution in [0.5, 0.6) is 11.5 Å². The smallest absolute Gasteiger partial charge is 0.351 e. The summed E-state index contributed by atoms with van der Waals surface area (Å²) < 4.78 is 29.1. The summed E-state index contributed by atoms with van der Waals surface area (Å²) in [6.45, 7) is 1.65. The lowest BCUT2D eigenvalue weighted by Gasteiger charge is -2.30. The van der Waals surface area contributed by atoms with Gasteiger partial charge in [-0.1, -0.05) is 24.3 Å². The van der Waals surface area contributed by atoms with Crippen molar-refractivity contribution in [1.29, 1.82) is 0 Å². The molecule has 1 aliphatic heterocycles. The molecule has 7 heteroatoms. The maximum Gasteiger partial charge on any atom is 0.351 e. The molecule has 0 saturated heterocycles. The minimum atomic E-state index is -0.938. The van der Waals surface area contributed by atoms with Crippen LogP contribution in [0.2, 0.25) is 0 Å². The van der Waals surface area contributed by atoms with Crippen LogP contribution >= 0.6 is 0 Å². The summed E-state index contributed by atoms with van der Waals surface area (Å²) in [7, 11) is 0. The number of ether oxygens (including phenoxy) is 3. The third-order valence-corrected chi connectivity index (χ3v) is 4.07. The Morgan fingerprint density at radius 3 is 2.44 bits per heavy atom.